The summed E-state index contributed by atoms with van der Waals surface area (Å²) in [5.41, 5.74) is -0.577. The van der Waals surface area contributed by atoms with E-state index in [1.54, 1.807) is 26.4 Å². The molecule has 0 aliphatic rings. The Morgan fingerprint density at radius 2 is 0.815 bits per heavy atom. The maximum Gasteiger partial charge on any atom is 0.534 e. The summed E-state index contributed by atoms with van der Waals surface area (Å²) in [5, 5.41) is 7.18. The molecule has 0 atom stereocenters. The standard InChI is InChI=1S/C25H18F3I3O5S.C22H14I4O2/c1-11-5-12(2)21-14(6-11)16(30)9-18(34-3)23(21)24-19(35-4)10-17(31)15-7-13(29)8-20(22(15)24)36-37(32,33)25(26,27)28;1-27-19-9-17(25)15-7-11(23)3-5-13(15)21(19)22-14-6-4-12(24)8-16(14)18(26)10-20(22)28-2/h5-10H,1-4H3;3-10H,1-2H3. The van der Waals surface area contributed by atoms with Crippen molar-refractivity contribution in [2.75, 3.05) is 28.4 Å². The summed E-state index contributed by atoms with van der Waals surface area (Å²) in [4.78, 5) is 0. The van der Waals surface area contributed by atoms with Crippen LogP contribution in [-0.2, 0) is 10.1 Å². The van der Waals surface area contributed by atoms with Crippen molar-refractivity contribution >= 4 is 211 Å². The van der Waals surface area contributed by atoms with Crippen LogP contribution in [0.3, 0.4) is 0 Å². The molecule has 0 spiro atoms. The first-order valence-corrected chi connectivity index (χ1v) is 27.8. The maximum absolute atomic E-state index is 13.4. The van der Waals surface area contributed by atoms with E-state index >= 15 is 0 Å². The number of alkyl halides is 3. The van der Waals surface area contributed by atoms with Gasteiger partial charge in [-0.3, -0.25) is 0 Å². The Morgan fingerprint density at radius 3 is 1.25 bits per heavy atom. The van der Waals surface area contributed by atoms with Crippen molar-refractivity contribution in [3.05, 3.63) is 121 Å². The van der Waals surface area contributed by atoms with Crippen LogP contribution in [0.25, 0.3) is 65.3 Å². The Kier molecular flexibility index (Phi) is 16.3. The number of aryl methyl sites for hydroxylation is 2. The highest BCUT2D eigenvalue weighted by Crippen LogP contribution is 2.52. The summed E-state index contributed by atoms with van der Waals surface area (Å²) < 4.78 is 99.2. The summed E-state index contributed by atoms with van der Waals surface area (Å²) in [7, 11) is 0.463. The first-order valence-electron chi connectivity index (χ1n) is 18.8. The molecule has 0 aromatic heterocycles. The van der Waals surface area contributed by atoms with Gasteiger partial charge in [-0.25, -0.2) is 0 Å². The molecule has 0 aliphatic carbocycles. The highest BCUT2D eigenvalue weighted by Gasteiger charge is 2.49. The molecule has 8 rings (SSSR count). The van der Waals surface area contributed by atoms with Gasteiger partial charge in [0.1, 0.15) is 23.0 Å². The lowest BCUT2D eigenvalue weighted by molar-refractivity contribution is -0.0499. The third-order valence-corrected chi connectivity index (χ3v) is 17.0. The first-order chi connectivity index (χ1) is 30.6. The van der Waals surface area contributed by atoms with Crippen LogP contribution in [0.5, 0.6) is 28.7 Å². The Labute approximate surface area is 469 Å². The number of fused-ring (bicyclic) bond motifs is 4. The van der Waals surface area contributed by atoms with Crippen molar-refractivity contribution in [3.8, 4) is 51.0 Å². The molecule has 0 amide bonds. The lowest BCUT2D eigenvalue weighted by Gasteiger charge is -2.22. The molecular weight excluding hydrogens is 1650 g/mol. The second-order valence-electron chi connectivity index (χ2n) is 14.4. The zero-order chi connectivity index (χ0) is 47.4. The summed E-state index contributed by atoms with van der Waals surface area (Å²) >= 11 is 15.7. The van der Waals surface area contributed by atoms with Crippen molar-refractivity contribution in [3.63, 3.8) is 0 Å². The van der Waals surface area contributed by atoms with E-state index < -0.39 is 21.4 Å². The molecule has 0 bridgehead atoms. The van der Waals surface area contributed by atoms with Gasteiger partial charge in [-0.05, 0) is 271 Å². The molecule has 0 radical (unpaired) electrons. The van der Waals surface area contributed by atoms with Crippen LogP contribution in [0.4, 0.5) is 13.2 Å². The minimum Gasteiger partial charge on any atom is -0.496 e. The Balaban J connectivity index is 0.000000201. The lowest BCUT2D eigenvalue weighted by Crippen LogP contribution is -2.28. The molecule has 7 nitrogen and oxygen atoms in total. The van der Waals surface area contributed by atoms with Gasteiger partial charge < -0.3 is 23.1 Å². The van der Waals surface area contributed by atoms with Crippen LogP contribution in [0.1, 0.15) is 11.1 Å². The average molecular weight is 1690 g/mol. The van der Waals surface area contributed by atoms with E-state index in [9.17, 15) is 21.6 Å². The fourth-order valence-corrected chi connectivity index (χ4v) is 12.8. The third kappa shape index (κ3) is 10.2. The van der Waals surface area contributed by atoms with E-state index in [1.165, 1.54) is 56.1 Å². The number of rotatable bonds is 8. The molecular formula is C47H32F3I7O7S. The molecule has 0 heterocycles. The number of benzene rings is 8. The normalized spacial score (nSPS) is 11.8. The monoisotopic (exact) mass is 1690 g/mol. The van der Waals surface area contributed by atoms with Crippen molar-refractivity contribution in [2.45, 2.75) is 19.4 Å². The van der Waals surface area contributed by atoms with Crippen molar-refractivity contribution < 1.29 is 44.7 Å². The van der Waals surface area contributed by atoms with Gasteiger partial charge in [0, 0.05) is 58.0 Å². The van der Waals surface area contributed by atoms with Crippen molar-refractivity contribution in [1.29, 1.82) is 0 Å². The molecule has 338 valence electrons. The van der Waals surface area contributed by atoms with Gasteiger partial charge in [0.2, 0.25) is 0 Å². The van der Waals surface area contributed by atoms with Crippen LogP contribution < -0.4 is 23.1 Å². The minimum absolute atomic E-state index is 0.165. The molecule has 0 saturated carbocycles. The lowest BCUT2D eigenvalue weighted by atomic mass is 9.89. The summed E-state index contributed by atoms with van der Waals surface area (Å²) in [5.74, 6) is 2.04. The minimum atomic E-state index is -5.95. The zero-order valence-electron chi connectivity index (χ0n) is 34.6. The van der Waals surface area contributed by atoms with E-state index in [0.29, 0.717) is 35.2 Å². The third-order valence-electron chi connectivity index (χ3n) is 10.5. The van der Waals surface area contributed by atoms with Crippen LogP contribution >= 0.6 is 158 Å². The van der Waals surface area contributed by atoms with Crippen LogP contribution in [0.15, 0.2) is 84.9 Å². The van der Waals surface area contributed by atoms with Gasteiger partial charge in [-0.15, -0.1) is 0 Å². The average Bonchev–Trinajstić information content (AvgIpc) is 3.24. The molecule has 8 aromatic rings. The van der Waals surface area contributed by atoms with E-state index in [-0.39, 0.29) is 5.39 Å². The fraction of sp³-hybridized carbons (Fsp3) is 0.149. The molecule has 18 heteroatoms. The summed E-state index contributed by atoms with van der Waals surface area (Å²) in [6.45, 7) is 3.91. The highest BCUT2D eigenvalue weighted by atomic mass is 127. The second kappa shape index (κ2) is 20.5. The Hall–Kier alpha value is -1.35. The maximum atomic E-state index is 13.4. The van der Waals surface area contributed by atoms with Crippen LogP contribution in [-0.4, -0.2) is 42.4 Å². The highest BCUT2D eigenvalue weighted by molar-refractivity contribution is 14.1. The Morgan fingerprint density at radius 1 is 0.431 bits per heavy atom. The first kappa shape index (κ1) is 51.5. The van der Waals surface area contributed by atoms with Gasteiger partial charge >= 0.3 is 15.6 Å². The quantitative estimate of drug-likeness (QED) is 0.0852. The predicted molar refractivity (Wildman–Crippen MR) is 314 cm³/mol. The molecule has 0 saturated heterocycles. The second-order valence-corrected chi connectivity index (χ2v) is 24.4. The molecule has 0 unspecified atom stereocenters. The molecule has 0 aliphatic heterocycles. The van der Waals surface area contributed by atoms with E-state index in [4.69, 9.17) is 23.1 Å². The molecule has 0 N–H and O–H groups in total. The molecule has 8 aromatic carbocycles. The Bertz CT molecular complexity index is 3270. The van der Waals surface area contributed by atoms with Gasteiger partial charge in [0.05, 0.1) is 28.4 Å². The number of ether oxygens (including phenoxy) is 4. The van der Waals surface area contributed by atoms with E-state index in [1.807, 2.05) is 77.2 Å². The number of halogens is 10. The van der Waals surface area contributed by atoms with Crippen molar-refractivity contribution in [2.24, 2.45) is 0 Å². The van der Waals surface area contributed by atoms with Gasteiger partial charge in [0.25, 0.3) is 0 Å². The van der Waals surface area contributed by atoms with E-state index in [0.717, 1.165) is 48.1 Å². The summed E-state index contributed by atoms with van der Waals surface area (Å²) in [6, 6.07) is 28.0. The van der Waals surface area contributed by atoms with Crippen molar-refractivity contribution in [1.82, 2.24) is 0 Å². The number of hydrogen-bond donors (Lipinski definition) is 0. The zero-order valence-corrected chi connectivity index (χ0v) is 50.5. The number of methoxy groups -OCH3 is 4. The molecule has 0 fully saturated rings. The predicted octanol–water partition coefficient (Wildman–Crippen LogP) is 16.4. The molecule has 65 heavy (non-hydrogen) atoms. The van der Waals surface area contributed by atoms with Crippen LogP contribution in [0.2, 0.25) is 0 Å². The number of hydrogen-bond acceptors (Lipinski definition) is 7. The fourth-order valence-electron chi connectivity index (χ4n) is 7.84. The van der Waals surface area contributed by atoms with Gasteiger partial charge in [0.15, 0.2) is 5.75 Å². The summed E-state index contributed by atoms with van der Waals surface area (Å²) in [6.07, 6.45) is 0. The van der Waals surface area contributed by atoms with E-state index in [2.05, 4.69) is 161 Å². The smallest absolute Gasteiger partial charge is 0.496 e. The van der Waals surface area contributed by atoms with Gasteiger partial charge in [-0.1, -0.05) is 29.8 Å². The topological polar surface area (TPSA) is 80.3 Å². The SMILES string of the molecule is COc1cc(I)c2cc(C)cc(C)c2c1-c1c(OC)cc(I)c2cc(I)cc(OS(=O)(=O)C(F)(F)F)c12.COc1cc(I)c2cc(I)ccc2c1-c1c(OC)cc(I)c2cc(I)ccc12. The van der Waals surface area contributed by atoms with Gasteiger partial charge in [-0.2, -0.15) is 21.6 Å². The largest absolute Gasteiger partial charge is 0.534 e. The van der Waals surface area contributed by atoms with Crippen LogP contribution in [0, 0.1) is 38.8 Å².